The quantitative estimate of drug-likeness (QED) is 0.808. The second kappa shape index (κ2) is 7.26. The van der Waals surface area contributed by atoms with Crippen molar-refractivity contribution in [1.82, 2.24) is 10.3 Å². The summed E-state index contributed by atoms with van der Waals surface area (Å²) in [6, 6.07) is 4.53. The summed E-state index contributed by atoms with van der Waals surface area (Å²) in [6.07, 6.45) is 4.78. The lowest BCUT2D eigenvalue weighted by Gasteiger charge is -2.39. The van der Waals surface area contributed by atoms with Gasteiger partial charge in [0.1, 0.15) is 5.82 Å². The van der Waals surface area contributed by atoms with Crippen LogP contribution in [0.25, 0.3) is 0 Å². The van der Waals surface area contributed by atoms with Crippen molar-refractivity contribution >= 4 is 5.82 Å². The Labute approximate surface area is 130 Å². The third-order valence-electron chi connectivity index (χ3n) is 4.27. The van der Waals surface area contributed by atoms with Gasteiger partial charge in [-0.15, -0.1) is 0 Å². The Morgan fingerprint density at radius 1 is 1.29 bits per heavy atom. The molecule has 118 valence electrons. The molecule has 2 rings (SSSR count). The van der Waals surface area contributed by atoms with E-state index in [-0.39, 0.29) is 0 Å². The number of pyridine rings is 1. The minimum Gasteiger partial charge on any atom is -0.356 e. The molecule has 0 unspecified atom stereocenters. The molecule has 1 saturated heterocycles. The van der Waals surface area contributed by atoms with E-state index in [1.807, 2.05) is 0 Å². The number of rotatable bonds is 6. The van der Waals surface area contributed by atoms with Crippen LogP contribution in [-0.4, -0.2) is 24.6 Å². The summed E-state index contributed by atoms with van der Waals surface area (Å²) < 4.78 is 0. The van der Waals surface area contributed by atoms with Crippen molar-refractivity contribution in [2.75, 3.05) is 24.5 Å². The van der Waals surface area contributed by atoms with Gasteiger partial charge in [-0.1, -0.05) is 27.7 Å². The smallest absolute Gasteiger partial charge is 0.129 e. The summed E-state index contributed by atoms with van der Waals surface area (Å²) in [4.78, 5) is 7.35. The number of anilines is 1. The van der Waals surface area contributed by atoms with Crippen molar-refractivity contribution in [2.45, 2.75) is 59.9 Å². The average molecular weight is 289 g/mol. The molecule has 0 spiro atoms. The van der Waals surface area contributed by atoms with Crippen molar-refractivity contribution < 1.29 is 0 Å². The second-order valence-corrected chi connectivity index (χ2v) is 7.04. The number of hydrogen-bond donors (Lipinski definition) is 1. The molecule has 0 atom stereocenters. The van der Waals surface area contributed by atoms with E-state index in [2.05, 4.69) is 50.0 Å². The molecule has 1 aromatic heterocycles. The molecule has 1 aliphatic rings. The van der Waals surface area contributed by atoms with Gasteiger partial charge < -0.3 is 10.2 Å². The Kier molecular flexibility index (Phi) is 5.63. The first-order chi connectivity index (χ1) is 10.0. The van der Waals surface area contributed by atoms with Crippen molar-refractivity contribution in [2.24, 2.45) is 5.41 Å². The molecule has 1 fully saturated rings. The third-order valence-corrected chi connectivity index (χ3v) is 4.27. The molecule has 0 aromatic carbocycles. The molecule has 3 nitrogen and oxygen atoms in total. The minimum atomic E-state index is 0.406. The predicted molar refractivity (Wildman–Crippen MR) is 90.8 cm³/mol. The van der Waals surface area contributed by atoms with Crippen LogP contribution in [0.1, 0.15) is 58.2 Å². The lowest BCUT2D eigenvalue weighted by Crippen LogP contribution is -2.40. The fourth-order valence-corrected chi connectivity index (χ4v) is 3.11. The van der Waals surface area contributed by atoms with Crippen LogP contribution in [0, 0.1) is 5.41 Å². The van der Waals surface area contributed by atoms with E-state index in [0.717, 1.165) is 32.6 Å². The zero-order valence-corrected chi connectivity index (χ0v) is 14.2. The molecule has 0 saturated carbocycles. The van der Waals surface area contributed by atoms with Gasteiger partial charge >= 0.3 is 0 Å². The highest BCUT2D eigenvalue weighted by Crippen LogP contribution is 2.31. The van der Waals surface area contributed by atoms with Crippen LogP contribution in [0.3, 0.4) is 0 Å². The number of nitrogens with one attached hydrogen (secondary N) is 1. The molecule has 0 amide bonds. The zero-order valence-electron chi connectivity index (χ0n) is 14.2. The first kappa shape index (κ1) is 16.3. The van der Waals surface area contributed by atoms with Crippen LogP contribution < -0.4 is 10.2 Å². The van der Waals surface area contributed by atoms with Crippen LogP contribution in [0.2, 0.25) is 0 Å². The van der Waals surface area contributed by atoms with Crippen molar-refractivity contribution in [1.29, 1.82) is 0 Å². The highest BCUT2D eigenvalue weighted by molar-refractivity contribution is 5.43. The van der Waals surface area contributed by atoms with Crippen LogP contribution in [-0.2, 0) is 13.0 Å². The van der Waals surface area contributed by atoms with Gasteiger partial charge in [0.25, 0.3) is 0 Å². The number of aryl methyl sites for hydroxylation is 1. The summed E-state index contributed by atoms with van der Waals surface area (Å²) in [7, 11) is 0. The number of hydrogen-bond acceptors (Lipinski definition) is 3. The fraction of sp³-hybridized carbons (Fsp3) is 0.722. The third kappa shape index (κ3) is 4.70. The standard InChI is InChI=1S/C18H31N3/c1-5-9-19-13-15-11-16(6-2)20-17(12-15)21-10-7-8-18(3,4)14-21/h11-12,19H,5-10,13-14H2,1-4H3. The molecule has 1 aromatic rings. The number of nitrogens with zero attached hydrogens (tertiary/aromatic N) is 2. The maximum absolute atomic E-state index is 4.87. The van der Waals surface area contributed by atoms with E-state index in [1.165, 1.54) is 36.3 Å². The van der Waals surface area contributed by atoms with Crippen LogP contribution >= 0.6 is 0 Å². The molecular weight excluding hydrogens is 258 g/mol. The second-order valence-electron chi connectivity index (χ2n) is 7.04. The fourth-order valence-electron chi connectivity index (χ4n) is 3.11. The van der Waals surface area contributed by atoms with E-state index >= 15 is 0 Å². The number of piperidine rings is 1. The summed E-state index contributed by atoms with van der Waals surface area (Å²) in [5, 5.41) is 3.50. The van der Waals surface area contributed by atoms with Gasteiger partial charge in [-0.3, -0.25) is 0 Å². The first-order valence-electron chi connectivity index (χ1n) is 8.49. The largest absolute Gasteiger partial charge is 0.356 e. The molecule has 21 heavy (non-hydrogen) atoms. The van der Waals surface area contributed by atoms with Gasteiger partial charge in [0.05, 0.1) is 0 Å². The lowest BCUT2D eigenvalue weighted by molar-refractivity contribution is 0.292. The number of aromatic nitrogens is 1. The predicted octanol–water partition coefficient (Wildman–Crippen LogP) is 3.77. The maximum atomic E-state index is 4.87. The van der Waals surface area contributed by atoms with E-state index in [1.54, 1.807) is 0 Å². The van der Waals surface area contributed by atoms with E-state index in [4.69, 9.17) is 4.98 Å². The Morgan fingerprint density at radius 2 is 2.10 bits per heavy atom. The SMILES string of the molecule is CCCNCc1cc(CC)nc(N2CCCC(C)(C)C2)c1. The van der Waals surface area contributed by atoms with Gasteiger partial charge in [-0.2, -0.15) is 0 Å². The van der Waals surface area contributed by atoms with Gasteiger partial charge in [-0.25, -0.2) is 4.98 Å². The summed E-state index contributed by atoms with van der Waals surface area (Å²) in [5.74, 6) is 1.18. The highest BCUT2D eigenvalue weighted by atomic mass is 15.2. The monoisotopic (exact) mass is 289 g/mol. The van der Waals surface area contributed by atoms with Gasteiger partial charge in [-0.05, 0) is 55.3 Å². The minimum absolute atomic E-state index is 0.406. The van der Waals surface area contributed by atoms with Crippen LogP contribution in [0.5, 0.6) is 0 Å². The Bertz CT molecular complexity index is 454. The van der Waals surface area contributed by atoms with Gasteiger partial charge in [0.2, 0.25) is 0 Å². The zero-order chi connectivity index (χ0) is 15.3. The topological polar surface area (TPSA) is 28.2 Å². The Hall–Kier alpha value is -1.09. The van der Waals surface area contributed by atoms with Crippen molar-refractivity contribution in [3.05, 3.63) is 23.4 Å². The lowest BCUT2D eigenvalue weighted by atomic mass is 9.84. The van der Waals surface area contributed by atoms with E-state index in [0.29, 0.717) is 5.41 Å². The Balaban J connectivity index is 2.15. The first-order valence-corrected chi connectivity index (χ1v) is 8.49. The van der Waals surface area contributed by atoms with Crippen LogP contribution in [0.4, 0.5) is 5.82 Å². The van der Waals surface area contributed by atoms with Crippen LogP contribution in [0.15, 0.2) is 12.1 Å². The van der Waals surface area contributed by atoms with Gasteiger partial charge in [0, 0.05) is 25.3 Å². The van der Waals surface area contributed by atoms with E-state index < -0.39 is 0 Å². The maximum Gasteiger partial charge on any atom is 0.129 e. The molecule has 1 N–H and O–H groups in total. The average Bonchev–Trinajstić information content (AvgIpc) is 2.46. The molecule has 0 bridgehead atoms. The van der Waals surface area contributed by atoms with Gasteiger partial charge in [0.15, 0.2) is 0 Å². The highest BCUT2D eigenvalue weighted by Gasteiger charge is 2.27. The molecule has 0 radical (unpaired) electrons. The van der Waals surface area contributed by atoms with E-state index in [9.17, 15) is 0 Å². The molecule has 3 heteroatoms. The summed E-state index contributed by atoms with van der Waals surface area (Å²) in [5.41, 5.74) is 2.99. The van der Waals surface area contributed by atoms with Crippen molar-refractivity contribution in [3.63, 3.8) is 0 Å². The summed E-state index contributed by atoms with van der Waals surface area (Å²) >= 11 is 0. The summed E-state index contributed by atoms with van der Waals surface area (Å²) in [6.45, 7) is 13.4. The molecular formula is C18H31N3. The molecule has 1 aliphatic heterocycles. The molecule has 2 heterocycles. The molecule has 0 aliphatic carbocycles. The Morgan fingerprint density at radius 3 is 2.76 bits per heavy atom. The van der Waals surface area contributed by atoms with Crippen molar-refractivity contribution in [3.8, 4) is 0 Å². The normalized spacial score (nSPS) is 18.0.